The fourth-order valence-corrected chi connectivity index (χ4v) is 5.37. The lowest BCUT2D eigenvalue weighted by Crippen LogP contribution is -2.32. The first-order valence-corrected chi connectivity index (χ1v) is 12.4. The Morgan fingerprint density at radius 3 is 2.88 bits per heavy atom. The second-order valence-electron chi connectivity index (χ2n) is 7.64. The van der Waals surface area contributed by atoms with E-state index in [0.29, 0.717) is 23.5 Å². The Morgan fingerprint density at radius 1 is 1.28 bits per heavy atom. The molecule has 10 heteroatoms. The third kappa shape index (κ3) is 5.36. The summed E-state index contributed by atoms with van der Waals surface area (Å²) in [5.41, 5.74) is 1.62. The monoisotopic (exact) mass is 471 g/mol. The highest BCUT2D eigenvalue weighted by Gasteiger charge is 2.21. The topological polar surface area (TPSA) is 97.3 Å². The molecule has 3 heterocycles. The molecule has 1 N–H and O–H groups in total. The highest BCUT2D eigenvalue weighted by atomic mass is 32.2. The number of aromatic nitrogens is 3. The minimum absolute atomic E-state index is 0.183. The molecule has 0 unspecified atom stereocenters. The molecule has 1 amide bonds. The number of nitrogens with one attached hydrogen (secondary N) is 1. The normalized spacial score (nSPS) is 14.5. The number of rotatable bonds is 7. The summed E-state index contributed by atoms with van der Waals surface area (Å²) in [6.07, 6.45) is 3.83. The van der Waals surface area contributed by atoms with Gasteiger partial charge in [-0.25, -0.2) is 14.8 Å². The average molecular weight is 472 g/mol. The van der Waals surface area contributed by atoms with Crippen LogP contribution in [0.2, 0.25) is 0 Å². The molecule has 8 nitrogen and oxygen atoms in total. The molecule has 0 radical (unpaired) electrons. The van der Waals surface area contributed by atoms with Crippen LogP contribution in [0.1, 0.15) is 37.0 Å². The minimum atomic E-state index is -0.412. The summed E-state index contributed by atoms with van der Waals surface area (Å²) in [4.78, 5) is 40.1. The van der Waals surface area contributed by atoms with Crippen LogP contribution >= 0.6 is 23.1 Å². The summed E-state index contributed by atoms with van der Waals surface area (Å²) < 4.78 is 5.91. The number of fused-ring (bicyclic) bond motifs is 1. The third-order valence-electron chi connectivity index (χ3n) is 5.20. The maximum absolute atomic E-state index is 12.5. The summed E-state index contributed by atoms with van der Waals surface area (Å²) >= 11 is 2.94. The smallest absolute Gasteiger partial charge is 0.338 e. The van der Waals surface area contributed by atoms with Crippen molar-refractivity contribution in [2.75, 3.05) is 35.7 Å². The molecular formula is C22H25N5O3S2. The molecule has 168 valence electrons. The van der Waals surface area contributed by atoms with E-state index in [4.69, 9.17) is 9.72 Å². The largest absolute Gasteiger partial charge is 0.462 e. The van der Waals surface area contributed by atoms with E-state index >= 15 is 0 Å². The van der Waals surface area contributed by atoms with E-state index in [2.05, 4.69) is 27.1 Å². The molecule has 32 heavy (non-hydrogen) atoms. The number of carbonyl (C=O) groups excluding carboxylic acids is 2. The van der Waals surface area contributed by atoms with Crippen LogP contribution in [-0.4, -0.2) is 52.3 Å². The van der Waals surface area contributed by atoms with Crippen molar-refractivity contribution in [2.45, 2.75) is 31.7 Å². The average Bonchev–Trinajstić information content (AvgIpc) is 3.23. The van der Waals surface area contributed by atoms with Crippen LogP contribution < -0.4 is 10.2 Å². The molecule has 1 aliphatic heterocycles. The number of benzene rings is 1. The van der Waals surface area contributed by atoms with Crippen molar-refractivity contribution in [2.24, 2.45) is 5.92 Å². The Bertz CT molecular complexity index is 1110. The second kappa shape index (κ2) is 10.3. The standard InChI is InChI=1S/C22H25N5O3S2/c1-3-30-21(29)15-5-4-6-16(11-15)25-17(28)12-31-20-18-19(23-13-24-20)26-22(32-18)27-9-7-14(2)8-10-27/h4-6,11,13-14H,3,7-10,12H2,1-2H3,(H,25,28). The molecule has 3 aromatic rings. The van der Waals surface area contributed by atoms with E-state index in [-0.39, 0.29) is 11.7 Å². The van der Waals surface area contributed by atoms with Crippen LogP contribution in [0.25, 0.3) is 10.3 Å². The summed E-state index contributed by atoms with van der Waals surface area (Å²) in [6.45, 7) is 6.35. The van der Waals surface area contributed by atoms with Gasteiger partial charge in [0, 0.05) is 18.8 Å². The maximum Gasteiger partial charge on any atom is 0.338 e. The molecule has 1 saturated heterocycles. The van der Waals surface area contributed by atoms with Gasteiger partial charge in [0.15, 0.2) is 10.8 Å². The van der Waals surface area contributed by atoms with Gasteiger partial charge in [0.1, 0.15) is 16.1 Å². The van der Waals surface area contributed by atoms with Crippen molar-refractivity contribution < 1.29 is 14.3 Å². The zero-order chi connectivity index (χ0) is 22.5. The van der Waals surface area contributed by atoms with Crippen LogP contribution in [0.3, 0.4) is 0 Å². The van der Waals surface area contributed by atoms with E-state index in [1.165, 1.54) is 30.9 Å². The van der Waals surface area contributed by atoms with Crippen LogP contribution in [0.5, 0.6) is 0 Å². The van der Waals surface area contributed by atoms with Crippen LogP contribution in [0, 0.1) is 5.92 Å². The van der Waals surface area contributed by atoms with Crippen molar-refractivity contribution in [1.82, 2.24) is 15.0 Å². The van der Waals surface area contributed by atoms with Crippen molar-refractivity contribution in [3.05, 3.63) is 36.2 Å². The van der Waals surface area contributed by atoms with Gasteiger partial charge in [-0.2, -0.15) is 4.98 Å². The van der Waals surface area contributed by atoms with Crippen LogP contribution in [-0.2, 0) is 9.53 Å². The van der Waals surface area contributed by atoms with E-state index < -0.39 is 5.97 Å². The number of amides is 1. The number of carbonyl (C=O) groups is 2. The van der Waals surface area contributed by atoms with Crippen molar-refractivity contribution >= 4 is 56.1 Å². The molecule has 0 saturated carbocycles. The Kier molecular flexibility index (Phi) is 7.21. The van der Waals surface area contributed by atoms with E-state index in [1.807, 2.05) is 0 Å². The molecule has 4 rings (SSSR count). The summed E-state index contributed by atoms with van der Waals surface area (Å²) in [5, 5.41) is 4.54. The number of thiazole rings is 1. The summed E-state index contributed by atoms with van der Waals surface area (Å²) in [7, 11) is 0. The fraction of sp³-hybridized carbons (Fsp3) is 0.409. The van der Waals surface area contributed by atoms with Gasteiger partial charge in [-0.3, -0.25) is 4.79 Å². The van der Waals surface area contributed by atoms with Gasteiger partial charge in [0.2, 0.25) is 5.91 Å². The maximum atomic E-state index is 12.5. The summed E-state index contributed by atoms with van der Waals surface area (Å²) in [5.74, 6) is 0.343. The SMILES string of the molecule is CCOC(=O)c1cccc(NC(=O)CSc2ncnc3nc(N4CCC(C)CC4)sc23)c1. The highest BCUT2D eigenvalue weighted by molar-refractivity contribution is 8.00. The first-order valence-electron chi connectivity index (χ1n) is 10.6. The predicted molar refractivity (Wildman–Crippen MR) is 128 cm³/mol. The number of nitrogens with zero attached hydrogens (tertiary/aromatic N) is 4. The van der Waals surface area contributed by atoms with Gasteiger partial charge in [0.05, 0.1) is 17.9 Å². The lowest BCUT2D eigenvalue weighted by molar-refractivity contribution is -0.113. The van der Waals surface area contributed by atoms with Gasteiger partial charge < -0.3 is 15.0 Å². The van der Waals surface area contributed by atoms with Gasteiger partial charge in [-0.05, 0) is 43.9 Å². The Balaban J connectivity index is 1.40. The number of thioether (sulfide) groups is 1. The van der Waals surface area contributed by atoms with E-state index in [0.717, 1.165) is 33.9 Å². The molecular weight excluding hydrogens is 446 g/mol. The minimum Gasteiger partial charge on any atom is -0.462 e. The first-order chi connectivity index (χ1) is 15.5. The van der Waals surface area contributed by atoms with Crippen LogP contribution in [0.15, 0.2) is 35.6 Å². The van der Waals surface area contributed by atoms with Gasteiger partial charge in [-0.1, -0.05) is 36.1 Å². The quantitative estimate of drug-likeness (QED) is 0.311. The van der Waals surface area contributed by atoms with Gasteiger partial charge >= 0.3 is 5.97 Å². The molecule has 1 fully saturated rings. The molecule has 2 aromatic heterocycles. The number of piperidine rings is 1. The zero-order valence-electron chi connectivity index (χ0n) is 18.0. The molecule has 1 aliphatic rings. The Hall–Kier alpha value is -2.72. The number of hydrogen-bond donors (Lipinski definition) is 1. The van der Waals surface area contributed by atoms with Gasteiger partial charge in [-0.15, -0.1) is 0 Å². The van der Waals surface area contributed by atoms with Gasteiger partial charge in [0.25, 0.3) is 0 Å². The van der Waals surface area contributed by atoms with E-state index in [9.17, 15) is 9.59 Å². The molecule has 0 aliphatic carbocycles. The predicted octanol–water partition coefficient (Wildman–Crippen LogP) is 4.23. The van der Waals surface area contributed by atoms with Crippen LogP contribution in [0.4, 0.5) is 10.8 Å². The lowest BCUT2D eigenvalue weighted by Gasteiger charge is -2.29. The van der Waals surface area contributed by atoms with Crippen molar-refractivity contribution in [3.8, 4) is 0 Å². The van der Waals surface area contributed by atoms with Crippen molar-refractivity contribution in [1.29, 1.82) is 0 Å². The number of anilines is 2. The number of ether oxygens (including phenoxy) is 1. The number of hydrogen-bond acceptors (Lipinski definition) is 9. The van der Waals surface area contributed by atoms with Crippen molar-refractivity contribution in [3.63, 3.8) is 0 Å². The first kappa shape index (κ1) is 22.5. The fourth-order valence-electron chi connectivity index (χ4n) is 3.43. The second-order valence-corrected chi connectivity index (χ2v) is 9.58. The van der Waals surface area contributed by atoms with E-state index in [1.54, 1.807) is 42.5 Å². The molecule has 1 aromatic carbocycles. The molecule has 0 bridgehead atoms. The summed E-state index contributed by atoms with van der Waals surface area (Å²) in [6, 6.07) is 6.72. The molecule has 0 atom stereocenters. The third-order valence-corrected chi connectivity index (χ3v) is 7.43. The highest BCUT2D eigenvalue weighted by Crippen LogP contribution is 2.35. The molecule has 0 spiro atoms. The Morgan fingerprint density at radius 2 is 2.09 bits per heavy atom. The number of esters is 1. The lowest BCUT2D eigenvalue weighted by atomic mass is 10.00. The Labute approximate surface area is 194 Å². The zero-order valence-corrected chi connectivity index (χ0v) is 19.7.